The lowest BCUT2D eigenvalue weighted by Crippen LogP contribution is -2.28. The Morgan fingerprint density at radius 2 is 1.50 bits per heavy atom. The van der Waals surface area contributed by atoms with Gasteiger partial charge in [-0.15, -0.1) is 11.3 Å². The minimum Gasteiger partial charge on any atom is -0.493 e. The molecule has 2 aromatic carbocycles. The van der Waals surface area contributed by atoms with Gasteiger partial charge in [0.2, 0.25) is 0 Å². The van der Waals surface area contributed by atoms with Gasteiger partial charge in [-0.1, -0.05) is 6.07 Å². The number of rotatable bonds is 10. The topological polar surface area (TPSA) is 105 Å². The third-order valence-electron chi connectivity index (χ3n) is 4.88. The molecule has 0 fully saturated rings. The molecule has 0 saturated carbocycles. The maximum absolute atomic E-state index is 12.6. The minimum atomic E-state index is -0.608. The average Bonchev–Trinajstić information content (AvgIpc) is 3.26. The summed E-state index contributed by atoms with van der Waals surface area (Å²) in [6.45, 7) is 1.56. The summed E-state index contributed by atoms with van der Waals surface area (Å²) in [6, 6.07) is 10.7. The van der Waals surface area contributed by atoms with Crippen molar-refractivity contribution in [1.82, 2.24) is 10.3 Å². The van der Waals surface area contributed by atoms with E-state index in [2.05, 4.69) is 10.3 Å². The maximum atomic E-state index is 12.6. The van der Waals surface area contributed by atoms with Crippen LogP contribution in [0.25, 0.3) is 10.6 Å². The van der Waals surface area contributed by atoms with Crippen LogP contribution in [0.15, 0.2) is 36.4 Å². The smallest absolute Gasteiger partial charge is 0.350 e. The molecule has 0 unspecified atom stereocenters. The molecule has 3 rings (SSSR count). The number of benzene rings is 2. The summed E-state index contributed by atoms with van der Waals surface area (Å²) >= 11 is 1.18. The van der Waals surface area contributed by atoms with Gasteiger partial charge in [0.05, 0.1) is 34.1 Å². The van der Waals surface area contributed by atoms with Gasteiger partial charge in [0, 0.05) is 12.1 Å². The maximum Gasteiger partial charge on any atom is 0.350 e. The van der Waals surface area contributed by atoms with E-state index >= 15 is 0 Å². The summed E-state index contributed by atoms with van der Waals surface area (Å²) in [7, 11) is 6.20. The zero-order valence-electron chi connectivity index (χ0n) is 19.6. The molecule has 0 spiro atoms. The highest BCUT2D eigenvalue weighted by Gasteiger charge is 2.19. The van der Waals surface area contributed by atoms with Crippen LogP contribution in [0.2, 0.25) is 0 Å². The first-order valence-corrected chi connectivity index (χ1v) is 11.1. The Morgan fingerprint density at radius 1 is 0.882 bits per heavy atom. The fourth-order valence-corrected chi connectivity index (χ4v) is 4.07. The number of hydrogen-bond donors (Lipinski definition) is 1. The molecule has 0 saturated heterocycles. The normalized spacial score (nSPS) is 10.4. The van der Waals surface area contributed by atoms with E-state index in [0.717, 1.165) is 11.1 Å². The zero-order chi connectivity index (χ0) is 24.7. The van der Waals surface area contributed by atoms with Crippen LogP contribution in [0.3, 0.4) is 0 Å². The SMILES string of the molecule is COc1ccc(CNC(=O)COC(=O)c2sc(-c3ccc(OC)c(OC)c3)nc2C)cc1OC. The van der Waals surface area contributed by atoms with Crippen molar-refractivity contribution in [1.29, 1.82) is 0 Å². The molecule has 0 bridgehead atoms. The molecule has 0 aliphatic rings. The van der Waals surface area contributed by atoms with Gasteiger partial charge in [-0.05, 0) is 42.8 Å². The summed E-state index contributed by atoms with van der Waals surface area (Å²) in [4.78, 5) is 29.5. The van der Waals surface area contributed by atoms with Crippen molar-refractivity contribution in [3.8, 4) is 33.6 Å². The van der Waals surface area contributed by atoms with Gasteiger partial charge in [-0.25, -0.2) is 9.78 Å². The number of amides is 1. The van der Waals surface area contributed by atoms with Gasteiger partial charge in [0.25, 0.3) is 5.91 Å². The number of hydrogen-bond acceptors (Lipinski definition) is 9. The predicted molar refractivity (Wildman–Crippen MR) is 127 cm³/mol. The second kappa shape index (κ2) is 11.4. The monoisotopic (exact) mass is 486 g/mol. The van der Waals surface area contributed by atoms with Gasteiger partial charge in [-0.2, -0.15) is 0 Å². The summed E-state index contributed by atoms with van der Waals surface area (Å²) in [6.07, 6.45) is 0. The molecule has 10 heteroatoms. The van der Waals surface area contributed by atoms with E-state index in [1.54, 1.807) is 52.5 Å². The standard InChI is InChI=1S/C24H26N2O7S/c1-14-22(34-23(26-14)16-7-9-18(30-3)20(11-16)32-5)24(28)33-13-21(27)25-12-15-6-8-17(29-2)19(10-15)31-4/h6-11H,12-13H2,1-5H3,(H,25,27). The van der Waals surface area contributed by atoms with Crippen LogP contribution in [0.4, 0.5) is 0 Å². The number of methoxy groups -OCH3 is 4. The highest BCUT2D eigenvalue weighted by atomic mass is 32.1. The number of aromatic nitrogens is 1. The Kier molecular flexibility index (Phi) is 8.31. The molecule has 0 atom stereocenters. The first kappa shape index (κ1) is 24.8. The average molecular weight is 487 g/mol. The molecule has 1 heterocycles. The van der Waals surface area contributed by atoms with Crippen LogP contribution in [0.1, 0.15) is 20.9 Å². The minimum absolute atomic E-state index is 0.250. The van der Waals surface area contributed by atoms with Crippen LogP contribution in [-0.4, -0.2) is 51.9 Å². The van der Waals surface area contributed by atoms with Crippen molar-refractivity contribution in [2.24, 2.45) is 0 Å². The number of thiazole rings is 1. The van der Waals surface area contributed by atoms with E-state index in [0.29, 0.717) is 38.6 Å². The van der Waals surface area contributed by atoms with Gasteiger partial charge in [0.15, 0.2) is 29.6 Å². The number of carbonyl (C=O) groups is 2. The molecule has 0 aliphatic heterocycles. The fraction of sp³-hybridized carbons (Fsp3) is 0.292. The Morgan fingerprint density at radius 3 is 2.15 bits per heavy atom. The Bertz CT molecular complexity index is 1180. The van der Waals surface area contributed by atoms with E-state index < -0.39 is 18.5 Å². The quantitative estimate of drug-likeness (QED) is 0.433. The van der Waals surface area contributed by atoms with Crippen LogP contribution in [0.5, 0.6) is 23.0 Å². The number of aryl methyl sites for hydroxylation is 1. The van der Waals surface area contributed by atoms with Gasteiger partial charge >= 0.3 is 5.97 Å². The van der Waals surface area contributed by atoms with Crippen LogP contribution in [-0.2, 0) is 16.1 Å². The van der Waals surface area contributed by atoms with Crippen molar-refractivity contribution in [3.63, 3.8) is 0 Å². The van der Waals surface area contributed by atoms with E-state index in [4.69, 9.17) is 23.7 Å². The number of nitrogens with zero attached hydrogens (tertiary/aromatic N) is 1. The first-order valence-electron chi connectivity index (χ1n) is 10.2. The fourth-order valence-electron chi connectivity index (χ4n) is 3.12. The predicted octanol–water partition coefficient (Wildman–Crippen LogP) is 3.63. The van der Waals surface area contributed by atoms with Crippen LogP contribution >= 0.6 is 11.3 Å². The summed E-state index contributed by atoms with van der Waals surface area (Å²) in [5, 5.41) is 3.34. The van der Waals surface area contributed by atoms with Gasteiger partial charge in [-0.3, -0.25) is 4.79 Å². The van der Waals surface area contributed by atoms with Crippen molar-refractivity contribution >= 4 is 23.2 Å². The number of carbonyl (C=O) groups excluding carboxylic acids is 2. The lowest BCUT2D eigenvalue weighted by atomic mass is 10.2. The first-order chi connectivity index (χ1) is 16.4. The molecule has 0 aliphatic carbocycles. The highest BCUT2D eigenvalue weighted by molar-refractivity contribution is 7.17. The number of esters is 1. The third kappa shape index (κ3) is 5.76. The molecule has 3 aromatic rings. The number of nitrogens with one attached hydrogen (secondary N) is 1. The highest BCUT2D eigenvalue weighted by Crippen LogP contribution is 2.35. The second-order valence-corrected chi connectivity index (χ2v) is 8.04. The van der Waals surface area contributed by atoms with Gasteiger partial charge in [0.1, 0.15) is 9.88 Å². The van der Waals surface area contributed by atoms with Crippen molar-refractivity contribution in [3.05, 3.63) is 52.5 Å². The molecule has 1 aromatic heterocycles. The van der Waals surface area contributed by atoms with Crippen LogP contribution in [0, 0.1) is 6.92 Å². The molecular weight excluding hydrogens is 460 g/mol. The van der Waals surface area contributed by atoms with Crippen molar-refractivity contribution in [2.45, 2.75) is 13.5 Å². The summed E-state index contributed by atoms with van der Waals surface area (Å²) in [5.41, 5.74) is 2.11. The zero-order valence-corrected chi connectivity index (χ0v) is 20.4. The van der Waals surface area contributed by atoms with Gasteiger partial charge < -0.3 is 29.0 Å². The molecule has 9 nitrogen and oxygen atoms in total. The Hall–Kier alpha value is -3.79. The van der Waals surface area contributed by atoms with E-state index in [9.17, 15) is 9.59 Å². The summed E-state index contributed by atoms with van der Waals surface area (Å²) in [5.74, 6) is 1.28. The van der Waals surface area contributed by atoms with Crippen LogP contribution < -0.4 is 24.3 Å². The molecule has 180 valence electrons. The van der Waals surface area contributed by atoms with E-state index in [1.165, 1.54) is 18.4 Å². The van der Waals surface area contributed by atoms with E-state index in [1.807, 2.05) is 12.1 Å². The second-order valence-electron chi connectivity index (χ2n) is 7.05. The Labute approximate surface area is 201 Å². The third-order valence-corrected chi connectivity index (χ3v) is 6.07. The molecule has 0 radical (unpaired) electrons. The molecule has 1 amide bonds. The largest absolute Gasteiger partial charge is 0.493 e. The lowest BCUT2D eigenvalue weighted by molar-refractivity contribution is -0.124. The Balaban J connectivity index is 1.59. The number of ether oxygens (including phenoxy) is 5. The van der Waals surface area contributed by atoms with Crippen molar-refractivity contribution in [2.75, 3.05) is 35.0 Å². The lowest BCUT2D eigenvalue weighted by Gasteiger charge is -2.10. The molecular formula is C24H26N2O7S. The van der Waals surface area contributed by atoms with Crippen molar-refractivity contribution < 1.29 is 33.3 Å². The summed E-state index contributed by atoms with van der Waals surface area (Å²) < 4.78 is 26.2. The van der Waals surface area contributed by atoms with E-state index in [-0.39, 0.29) is 6.54 Å². The molecule has 1 N–H and O–H groups in total. The molecule has 34 heavy (non-hydrogen) atoms.